The molecule has 1 saturated heterocycles. The second-order valence-electron chi connectivity index (χ2n) is 8.57. The van der Waals surface area contributed by atoms with Crippen LogP contribution in [0.1, 0.15) is 16.8 Å². The van der Waals surface area contributed by atoms with Gasteiger partial charge < -0.3 is 9.30 Å². The highest BCUT2D eigenvalue weighted by Crippen LogP contribution is 2.23. The van der Waals surface area contributed by atoms with Crippen molar-refractivity contribution in [1.82, 2.24) is 28.7 Å². The van der Waals surface area contributed by atoms with Crippen LogP contribution in [0.25, 0.3) is 11.3 Å². The van der Waals surface area contributed by atoms with Crippen molar-refractivity contribution in [1.29, 1.82) is 0 Å². The average Bonchev–Trinajstić information content (AvgIpc) is 3.43. The minimum absolute atomic E-state index is 0.169. The number of benzene rings is 1. The highest BCUT2D eigenvalue weighted by molar-refractivity contribution is 7.99. The lowest BCUT2D eigenvalue weighted by molar-refractivity contribution is -0.130. The smallest absolute Gasteiger partial charge is 0.233 e. The summed E-state index contributed by atoms with van der Waals surface area (Å²) in [6.45, 7) is 8.22. The standard InChI is InChI=1S/C25H28N6OS/c1-19-13-20(2)15-22(14-19)31-8-6-26-25(31)33-18-24(32)29-11-9-28(10-12-29)16-21-17-30-7-4-3-5-23(30)27-21/h3-8,13-15,17H,9-12,16,18H2,1-2H3. The lowest BCUT2D eigenvalue weighted by Gasteiger charge is -2.34. The van der Waals surface area contributed by atoms with E-state index in [9.17, 15) is 4.79 Å². The number of carbonyl (C=O) groups excluding carboxylic acids is 1. The number of thioether (sulfide) groups is 1. The Hall–Kier alpha value is -3.10. The molecule has 0 N–H and O–H groups in total. The van der Waals surface area contributed by atoms with Crippen LogP contribution >= 0.6 is 11.8 Å². The van der Waals surface area contributed by atoms with Crippen LogP contribution in [-0.4, -0.2) is 66.6 Å². The highest BCUT2D eigenvalue weighted by atomic mass is 32.2. The van der Waals surface area contributed by atoms with Gasteiger partial charge in [0.15, 0.2) is 5.16 Å². The van der Waals surface area contributed by atoms with Crippen molar-refractivity contribution in [2.24, 2.45) is 0 Å². The van der Waals surface area contributed by atoms with E-state index in [2.05, 4.69) is 52.7 Å². The number of rotatable bonds is 6. The first-order chi connectivity index (χ1) is 16.0. The molecule has 0 spiro atoms. The van der Waals surface area contributed by atoms with Crippen LogP contribution in [0.3, 0.4) is 0 Å². The monoisotopic (exact) mass is 460 g/mol. The van der Waals surface area contributed by atoms with E-state index >= 15 is 0 Å². The van der Waals surface area contributed by atoms with Gasteiger partial charge in [-0.1, -0.05) is 23.9 Å². The molecule has 1 aromatic carbocycles. The first-order valence-corrected chi connectivity index (χ1v) is 12.2. The Balaban J connectivity index is 1.14. The topological polar surface area (TPSA) is 58.7 Å². The number of hydrogen-bond donors (Lipinski definition) is 0. The molecule has 0 aliphatic carbocycles. The summed E-state index contributed by atoms with van der Waals surface area (Å²) in [4.78, 5) is 26.4. The van der Waals surface area contributed by atoms with Crippen LogP contribution in [0.2, 0.25) is 0 Å². The molecule has 1 fully saturated rings. The molecule has 0 radical (unpaired) electrons. The molecule has 7 nitrogen and oxygen atoms in total. The third-order valence-corrected chi connectivity index (χ3v) is 6.89. The first kappa shape index (κ1) is 21.7. The van der Waals surface area contributed by atoms with Gasteiger partial charge in [-0.25, -0.2) is 9.97 Å². The van der Waals surface area contributed by atoms with E-state index in [1.54, 1.807) is 6.20 Å². The molecular formula is C25H28N6OS. The number of fused-ring (bicyclic) bond motifs is 1. The summed E-state index contributed by atoms with van der Waals surface area (Å²) < 4.78 is 4.11. The van der Waals surface area contributed by atoms with Crippen LogP contribution in [0, 0.1) is 13.8 Å². The van der Waals surface area contributed by atoms with Gasteiger partial charge in [0.1, 0.15) is 5.65 Å². The van der Waals surface area contributed by atoms with Crippen LogP contribution in [0.5, 0.6) is 0 Å². The van der Waals surface area contributed by atoms with Gasteiger partial charge >= 0.3 is 0 Å². The van der Waals surface area contributed by atoms with Crippen LogP contribution in [0.15, 0.2) is 66.3 Å². The van der Waals surface area contributed by atoms with E-state index in [0.717, 1.165) is 54.9 Å². The van der Waals surface area contributed by atoms with Gasteiger partial charge in [0.25, 0.3) is 0 Å². The molecule has 0 saturated carbocycles. The quantitative estimate of drug-likeness (QED) is 0.412. The van der Waals surface area contributed by atoms with E-state index in [4.69, 9.17) is 4.98 Å². The molecule has 0 unspecified atom stereocenters. The van der Waals surface area contributed by atoms with Gasteiger partial charge in [0.05, 0.1) is 11.4 Å². The maximum atomic E-state index is 12.9. The zero-order valence-electron chi connectivity index (χ0n) is 19.0. The van der Waals surface area contributed by atoms with Gasteiger partial charge in [0, 0.05) is 63.2 Å². The van der Waals surface area contributed by atoms with Gasteiger partial charge in [0.2, 0.25) is 5.91 Å². The largest absolute Gasteiger partial charge is 0.339 e. The molecule has 1 amide bonds. The summed E-state index contributed by atoms with van der Waals surface area (Å²) in [5.41, 5.74) is 5.55. The number of pyridine rings is 1. The fourth-order valence-electron chi connectivity index (χ4n) is 4.35. The van der Waals surface area contributed by atoms with Crippen molar-refractivity contribution in [3.05, 3.63) is 78.0 Å². The number of nitrogens with zero attached hydrogens (tertiary/aromatic N) is 6. The van der Waals surface area contributed by atoms with E-state index < -0.39 is 0 Å². The van der Waals surface area contributed by atoms with Crippen LogP contribution < -0.4 is 0 Å². The van der Waals surface area contributed by atoms with Crippen LogP contribution in [0.4, 0.5) is 0 Å². The summed E-state index contributed by atoms with van der Waals surface area (Å²) in [5, 5.41) is 0.846. The predicted molar refractivity (Wildman–Crippen MR) is 131 cm³/mol. The molecular weight excluding hydrogens is 432 g/mol. The van der Waals surface area contributed by atoms with E-state index in [1.807, 2.05) is 39.9 Å². The number of piperazine rings is 1. The molecule has 33 heavy (non-hydrogen) atoms. The van der Waals surface area contributed by atoms with Crippen molar-refractivity contribution in [3.8, 4) is 5.69 Å². The number of aromatic nitrogens is 4. The van der Waals surface area contributed by atoms with Crippen LogP contribution in [-0.2, 0) is 11.3 Å². The highest BCUT2D eigenvalue weighted by Gasteiger charge is 2.22. The maximum absolute atomic E-state index is 12.9. The van der Waals surface area contributed by atoms with E-state index in [-0.39, 0.29) is 5.91 Å². The second-order valence-corrected chi connectivity index (χ2v) is 9.51. The minimum Gasteiger partial charge on any atom is -0.339 e. The fraction of sp³-hybridized carbons (Fsp3) is 0.320. The number of carbonyl (C=O) groups is 1. The van der Waals surface area contributed by atoms with Crippen molar-refractivity contribution >= 4 is 23.3 Å². The maximum Gasteiger partial charge on any atom is 0.233 e. The Morgan fingerprint density at radius 1 is 1.03 bits per heavy atom. The molecule has 3 aromatic heterocycles. The van der Waals surface area contributed by atoms with E-state index in [0.29, 0.717) is 5.75 Å². The Labute approximate surface area is 198 Å². The van der Waals surface area contributed by atoms with Crippen molar-refractivity contribution in [2.75, 3.05) is 31.9 Å². The third-order valence-electron chi connectivity index (χ3n) is 5.94. The summed E-state index contributed by atoms with van der Waals surface area (Å²) in [6, 6.07) is 12.5. The zero-order chi connectivity index (χ0) is 22.8. The Bertz CT molecular complexity index is 1220. The molecule has 1 aliphatic heterocycles. The number of amides is 1. The van der Waals surface area contributed by atoms with Crippen molar-refractivity contribution in [2.45, 2.75) is 25.5 Å². The van der Waals surface area contributed by atoms with Gasteiger partial charge in [-0.3, -0.25) is 14.3 Å². The SMILES string of the molecule is Cc1cc(C)cc(-n2ccnc2SCC(=O)N2CCN(Cc3cn4ccccc4n3)CC2)c1. The summed E-state index contributed by atoms with van der Waals surface area (Å²) >= 11 is 1.50. The summed E-state index contributed by atoms with van der Waals surface area (Å²) in [7, 11) is 0. The Morgan fingerprint density at radius 3 is 2.58 bits per heavy atom. The molecule has 170 valence electrons. The number of aryl methyl sites for hydroxylation is 2. The third kappa shape index (κ3) is 4.96. The Morgan fingerprint density at radius 2 is 1.82 bits per heavy atom. The van der Waals surface area contributed by atoms with Gasteiger partial charge in [-0.05, 0) is 49.2 Å². The number of hydrogen-bond acceptors (Lipinski definition) is 5. The lowest BCUT2D eigenvalue weighted by Crippen LogP contribution is -2.48. The minimum atomic E-state index is 0.169. The van der Waals surface area contributed by atoms with Crippen molar-refractivity contribution < 1.29 is 4.79 Å². The normalized spacial score (nSPS) is 14.8. The molecule has 5 rings (SSSR count). The van der Waals surface area contributed by atoms with Gasteiger partial charge in [-0.15, -0.1) is 0 Å². The molecule has 8 heteroatoms. The molecule has 0 atom stereocenters. The lowest BCUT2D eigenvalue weighted by atomic mass is 10.1. The molecule has 1 aliphatic rings. The van der Waals surface area contributed by atoms with Gasteiger partial charge in [-0.2, -0.15) is 0 Å². The first-order valence-electron chi connectivity index (χ1n) is 11.2. The predicted octanol–water partition coefficient (Wildman–Crippen LogP) is 3.57. The molecule has 4 aromatic rings. The average molecular weight is 461 g/mol. The molecule has 0 bridgehead atoms. The Kier molecular flexibility index (Phi) is 6.20. The van der Waals surface area contributed by atoms with E-state index in [1.165, 1.54) is 22.9 Å². The summed E-state index contributed by atoms with van der Waals surface area (Å²) in [6.07, 6.45) is 7.86. The molecule has 4 heterocycles. The second kappa shape index (κ2) is 9.41. The summed E-state index contributed by atoms with van der Waals surface area (Å²) in [5.74, 6) is 0.566. The fourth-order valence-corrected chi connectivity index (χ4v) is 5.22. The zero-order valence-corrected chi connectivity index (χ0v) is 19.8. The number of imidazole rings is 2. The van der Waals surface area contributed by atoms with Crippen molar-refractivity contribution in [3.63, 3.8) is 0 Å².